The van der Waals surface area contributed by atoms with E-state index >= 15 is 0 Å². The number of halogens is 1. The zero-order valence-corrected chi connectivity index (χ0v) is 12.5. The summed E-state index contributed by atoms with van der Waals surface area (Å²) in [5, 5.41) is 3.16. The highest BCUT2D eigenvalue weighted by Gasteiger charge is 2.38. The van der Waals surface area contributed by atoms with Crippen molar-refractivity contribution in [2.75, 3.05) is 0 Å². The second kappa shape index (κ2) is 4.91. The molecule has 3 nitrogen and oxygen atoms in total. The molecule has 4 heteroatoms. The predicted octanol–water partition coefficient (Wildman–Crippen LogP) is 2.82. The topological polar surface area (TPSA) is 55.1 Å². The van der Waals surface area contributed by atoms with Gasteiger partial charge >= 0.3 is 0 Å². The first-order valence-corrected chi connectivity index (χ1v) is 7.77. The number of hydrogen-bond acceptors (Lipinski definition) is 2. The molecule has 1 aromatic carbocycles. The van der Waals surface area contributed by atoms with Crippen LogP contribution in [0.15, 0.2) is 22.7 Å². The fourth-order valence-corrected chi connectivity index (χ4v) is 3.87. The Bertz CT molecular complexity index is 509. The molecule has 0 aromatic heterocycles. The maximum absolute atomic E-state index is 12.4. The molecular formula is C15H19BrN2O. The lowest BCUT2D eigenvalue weighted by Gasteiger charge is -2.25. The van der Waals surface area contributed by atoms with Crippen LogP contribution >= 0.6 is 15.9 Å². The number of nitrogens with one attached hydrogen (secondary N) is 1. The third-order valence-corrected chi connectivity index (χ3v) is 5.21. The van der Waals surface area contributed by atoms with Crippen molar-refractivity contribution in [3.8, 4) is 0 Å². The summed E-state index contributed by atoms with van der Waals surface area (Å²) < 4.78 is 1.14. The summed E-state index contributed by atoms with van der Waals surface area (Å²) in [7, 11) is 0. The molecule has 1 atom stereocenters. The highest BCUT2D eigenvalue weighted by molar-refractivity contribution is 9.10. The van der Waals surface area contributed by atoms with Gasteiger partial charge in [-0.15, -0.1) is 0 Å². The minimum Gasteiger partial charge on any atom is -0.348 e. The molecule has 19 heavy (non-hydrogen) atoms. The zero-order valence-electron chi connectivity index (χ0n) is 10.9. The van der Waals surface area contributed by atoms with E-state index in [0.717, 1.165) is 43.0 Å². The summed E-state index contributed by atoms with van der Waals surface area (Å²) in [6.07, 6.45) is 5.75. The van der Waals surface area contributed by atoms with Crippen molar-refractivity contribution in [1.82, 2.24) is 5.32 Å². The van der Waals surface area contributed by atoms with Crippen LogP contribution < -0.4 is 11.1 Å². The first-order valence-electron chi connectivity index (χ1n) is 6.97. The van der Waals surface area contributed by atoms with Crippen molar-refractivity contribution in [1.29, 1.82) is 0 Å². The molecule has 3 rings (SSSR count). The first kappa shape index (κ1) is 13.1. The van der Waals surface area contributed by atoms with E-state index in [4.69, 9.17) is 5.73 Å². The number of carbonyl (C=O) groups is 1. The number of rotatable bonds is 2. The molecule has 1 saturated carbocycles. The highest BCUT2D eigenvalue weighted by Crippen LogP contribution is 2.36. The average Bonchev–Trinajstić information content (AvgIpc) is 2.99. The molecule has 0 saturated heterocycles. The normalized spacial score (nSPS) is 24.2. The second-order valence-corrected chi connectivity index (χ2v) is 6.59. The van der Waals surface area contributed by atoms with Crippen LogP contribution in [0.5, 0.6) is 0 Å². The molecule has 102 valence electrons. The van der Waals surface area contributed by atoms with E-state index in [9.17, 15) is 4.79 Å². The van der Waals surface area contributed by atoms with E-state index in [2.05, 4.69) is 33.4 Å². The van der Waals surface area contributed by atoms with Gasteiger partial charge in [0.1, 0.15) is 0 Å². The molecule has 3 N–H and O–H groups in total. The monoisotopic (exact) mass is 322 g/mol. The Hall–Kier alpha value is -0.870. The lowest BCUT2D eigenvalue weighted by atomic mass is 9.97. The van der Waals surface area contributed by atoms with Crippen LogP contribution in [0.4, 0.5) is 0 Å². The smallest absolute Gasteiger partial charge is 0.240 e. The molecule has 0 bridgehead atoms. The Kier molecular flexibility index (Phi) is 3.39. The van der Waals surface area contributed by atoms with Crippen LogP contribution in [0, 0.1) is 0 Å². The van der Waals surface area contributed by atoms with Gasteiger partial charge in [0.2, 0.25) is 5.91 Å². The molecule has 1 amide bonds. The van der Waals surface area contributed by atoms with E-state index in [1.807, 2.05) is 6.07 Å². The van der Waals surface area contributed by atoms with Crippen LogP contribution in [-0.2, 0) is 11.2 Å². The van der Waals surface area contributed by atoms with E-state index in [1.54, 1.807) is 0 Å². The predicted molar refractivity (Wildman–Crippen MR) is 78.7 cm³/mol. The number of carbonyl (C=O) groups excluding carboxylic acids is 1. The lowest BCUT2D eigenvalue weighted by molar-refractivity contribution is -0.126. The van der Waals surface area contributed by atoms with Crippen molar-refractivity contribution < 1.29 is 4.79 Å². The Morgan fingerprint density at radius 2 is 2.11 bits per heavy atom. The summed E-state index contributed by atoms with van der Waals surface area (Å²) in [5.41, 5.74) is 8.14. The first-order chi connectivity index (χ1) is 9.10. The van der Waals surface area contributed by atoms with Crippen molar-refractivity contribution in [3.05, 3.63) is 33.8 Å². The Labute approximate surface area is 122 Å². The standard InChI is InChI=1S/C15H19BrN2O/c16-12-5-3-4-11-10(12)6-7-13(11)18-14(19)15(17)8-1-2-9-15/h3-5,13H,1-2,6-9,17H2,(H,18,19). The molecule has 0 radical (unpaired) electrons. The molecular weight excluding hydrogens is 304 g/mol. The fourth-order valence-electron chi connectivity index (χ4n) is 3.29. The molecule has 0 aliphatic heterocycles. The van der Waals surface area contributed by atoms with Gasteiger partial charge in [0, 0.05) is 4.47 Å². The minimum atomic E-state index is -0.630. The molecule has 2 aliphatic rings. The van der Waals surface area contributed by atoms with Gasteiger partial charge in [-0.25, -0.2) is 0 Å². The lowest BCUT2D eigenvalue weighted by Crippen LogP contribution is -2.52. The van der Waals surface area contributed by atoms with Crippen LogP contribution in [0.3, 0.4) is 0 Å². The third kappa shape index (κ3) is 2.32. The van der Waals surface area contributed by atoms with Gasteiger partial charge < -0.3 is 11.1 Å². The van der Waals surface area contributed by atoms with Crippen molar-refractivity contribution in [2.24, 2.45) is 5.73 Å². The summed E-state index contributed by atoms with van der Waals surface area (Å²) in [6, 6.07) is 6.32. The van der Waals surface area contributed by atoms with E-state index in [-0.39, 0.29) is 11.9 Å². The van der Waals surface area contributed by atoms with Crippen molar-refractivity contribution in [3.63, 3.8) is 0 Å². The van der Waals surface area contributed by atoms with Crippen LogP contribution in [0.2, 0.25) is 0 Å². The molecule has 1 aromatic rings. The Morgan fingerprint density at radius 3 is 2.84 bits per heavy atom. The van der Waals surface area contributed by atoms with E-state index in [1.165, 1.54) is 11.1 Å². The maximum Gasteiger partial charge on any atom is 0.240 e. The van der Waals surface area contributed by atoms with Gasteiger partial charge in [-0.1, -0.05) is 40.9 Å². The van der Waals surface area contributed by atoms with Gasteiger partial charge in [-0.05, 0) is 42.9 Å². The molecule has 1 fully saturated rings. The molecule has 1 unspecified atom stereocenters. The van der Waals surface area contributed by atoms with Gasteiger partial charge in [0.05, 0.1) is 11.6 Å². The third-order valence-electron chi connectivity index (χ3n) is 4.47. The van der Waals surface area contributed by atoms with Crippen LogP contribution in [0.25, 0.3) is 0 Å². The second-order valence-electron chi connectivity index (χ2n) is 5.74. The van der Waals surface area contributed by atoms with Crippen LogP contribution in [0.1, 0.15) is 49.3 Å². The summed E-state index contributed by atoms with van der Waals surface area (Å²) in [4.78, 5) is 12.4. The fraction of sp³-hybridized carbons (Fsp3) is 0.533. The quantitative estimate of drug-likeness (QED) is 0.879. The number of nitrogens with two attached hydrogens (primary N) is 1. The molecule has 0 spiro atoms. The maximum atomic E-state index is 12.4. The Balaban J connectivity index is 1.76. The summed E-state index contributed by atoms with van der Waals surface area (Å²) >= 11 is 3.58. The van der Waals surface area contributed by atoms with Crippen molar-refractivity contribution >= 4 is 21.8 Å². The van der Waals surface area contributed by atoms with Crippen molar-refractivity contribution in [2.45, 2.75) is 50.1 Å². The number of hydrogen-bond donors (Lipinski definition) is 2. The zero-order chi connectivity index (χ0) is 13.5. The highest BCUT2D eigenvalue weighted by atomic mass is 79.9. The Morgan fingerprint density at radius 1 is 1.37 bits per heavy atom. The van der Waals surface area contributed by atoms with E-state index in [0.29, 0.717) is 0 Å². The summed E-state index contributed by atoms with van der Waals surface area (Å²) in [6.45, 7) is 0. The average molecular weight is 323 g/mol. The largest absolute Gasteiger partial charge is 0.348 e. The minimum absolute atomic E-state index is 0.0304. The van der Waals surface area contributed by atoms with E-state index < -0.39 is 5.54 Å². The molecule has 2 aliphatic carbocycles. The number of fused-ring (bicyclic) bond motifs is 1. The SMILES string of the molecule is NC1(C(=O)NC2CCc3c(Br)cccc32)CCCC1. The number of amides is 1. The van der Waals surface area contributed by atoms with Crippen LogP contribution in [-0.4, -0.2) is 11.4 Å². The number of benzene rings is 1. The molecule has 0 heterocycles. The van der Waals surface area contributed by atoms with Gasteiger partial charge in [0.25, 0.3) is 0 Å². The van der Waals surface area contributed by atoms with Gasteiger partial charge in [-0.3, -0.25) is 4.79 Å². The summed E-state index contributed by atoms with van der Waals surface area (Å²) in [5.74, 6) is 0.0304. The van der Waals surface area contributed by atoms with Gasteiger partial charge in [-0.2, -0.15) is 0 Å². The van der Waals surface area contributed by atoms with Gasteiger partial charge in [0.15, 0.2) is 0 Å².